The zero-order chi connectivity index (χ0) is 17.3. The fourth-order valence-corrected chi connectivity index (χ4v) is 3.76. The minimum atomic E-state index is -0.210. The third-order valence-corrected chi connectivity index (χ3v) is 5.22. The Morgan fingerprint density at radius 2 is 1.67 bits per heavy atom. The Morgan fingerprint density at radius 1 is 0.958 bits per heavy atom. The Kier molecular flexibility index (Phi) is 4.36. The van der Waals surface area contributed by atoms with Crippen molar-refractivity contribution in [2.45, 2.75) is 13.8 Å². The van der Waals surface area contributed by atoms with E-state index in [-0.39, 0.29) is 11.8 Å². The van der Waals surface area contributed by atoms with E-state index < -0.39 is 0 Å². The van der Waals surface area contributed by atoms with Crippen molar-refractivity contribution < 1.29 is 9.59 Å². The van der Waals surface area contributed by atoms with E-state index in [9.17, 15) is 9.59 Å². The molecule has 0 spiro atoms. The van der Waals surface area contributed by atoms with Crippen LogP contribution in [0.3, 0.4) is 0 Å². The molecule has 5 heteroatoms. The van der Waals surface area contributed by atoms with Gasteiger partial charge in [0.2, 0.25) is 0 Å². The number of benzene rings is 2. The van der Waals surface area contributed by atoms with Crippen LogP contribution in [0.25, 0.3) is 10.8 Å². The van der Waals surface area contributed by atoms with E-state index in [1.165, 1.54) is 11.3 Å². The molecule has 1 aromatic heterocycles. The van der Waals surface area contributed by atoms with E-state index in [1.54, 1.807) is 13.1 Å². The first-order valence-corrected chi connectivity index (χ1v) is 8.45. The molecular formula is C19H18N2O2S. The van der Waals surface area contributed by atoms with Gasteiger partial charge in [-0.05, 0) is 36.2 Å². The predicted molar refractivity (Wildman–Crippen MR) is 99.1 cm³/mol. The number of fused-ring (bicyclic) bond motifs is 1. The number of nitrogens with one attached hydrogen (secondary N) is 2. The number of thiophene rings is 1. The van der Waals surface area contributed by atoms with E-state index in [1.807, 2.05) is 50.2 Å². The van der Waals surface area contributed by atoms with Crippen LogP contribution in [-0.4, -0.2) is 18.9 Å². The average molecular weight is 338 g/mol. The Morgan fingerprint density at radius 3 is 2.42 bits per heavy atom. The van der Waals surface area contributed by atoms with E-state index in [0.717, 1.165) is 21.2 Å². The minimum Gasteiger partial charge on any atom is -0.355 e. The van der Waals surface area contributed by atoms with Crippen LogP contribution in [0.1, 0.15) is 31.2 Å². The standard InChI is InChI=1S/C19H18N2O2S/c1-11-12(2)24-19(16(11)18(23)20-3)21-17(22)15-10-6-8-13-7-4-5-9-14(13)15/h4-10H,1-3H3,(H,20,23)(H,21,22). The van der Waals surface area contributed by atoms with Gasteiger partial charge in [0, 0.05) is 17.5 Å². The third-order valence-electron chi connectivity index (χ3n) is 4.10. The van der Waals surface area contributed by atoms with Gasteiger partial charge in [-0.15, -0.1) is 11.3 Å². The lowest BCUT2D eigenvalue weighted by atomic mass is 10.0. The van der Waals surface area contributed by atoms with E-state index in [0.29, 0.717) is 16.1 Å². The van der Waals surface area contributed by atoms with Crippen LogP contribution in [0.5, 0.6) is 0 Å². The molecule has 3 aromatic rings. The van der Waals surface area contributed by atoms with Crippen molar-refractivity contribution in [2.75, 3.05) is 12.4 Å². The van der Waals surface area contributed by atoms with Crippen LogP contribution in [0.2, 0.25) is 0 Å². The quantitative estimate of drug-likeness (QED) is 0.754. The summed E-state index contributed by atoms with van der Waals surface area (Å²) in [5.74, 6) is -0.400. The van der Waals surface area contributed by atoms with Crippen LogP contribution < -0.4 is 10.6 Å². The van der Waals surface area contributed by atoms with Crippen molar-refractivity contribution in [1.29, 1.82) is 0 Å². The lowest BCUT2D eigenvalue weighted by Crippen LogP contribution is -2.21. The molecule has 2 amide bonds. The highest BCUT2D eigenvalue weighted by Crippen LogP contribution is 2.33. The molecule has 0 fully saturated rings. The number of aryl methyl sites for hydroxylation is 1. The van der Waals surface area contributed by atoms with Crippen molar-refractivity contribution in [2.24, 2.45) is 0 Å². The molecule has 2 aromatic carbocycles. The third kappa shape index (κ3) is 2.78. The van der Waals surface area contributed by atoms with Gasteiger partial charge in [-0.1, -0.05) is 36.4 Å². The lowest BCUT2D eigenvalue weighted by Gasteiger charge is -2.09. The van der Waals surface area contributed by atoms with Gasteiger partial charge in [0.05, 0.1) is 5.56 Å². The van der Waals surface area contributed by atoms with Gasteiger partial charge in [0.1, 0.15) is 5.00 Å². The monoisotopic (exact) mass is 338 g/mol. The molecule has 0 unspecified atom stereocenters. The fourth-order valence-electron chi connectivity index (χ4n) is 2.71. The second-order valence-corrected chi connectivity index (χ2v) is 6.77. The van der Waals surface area contributed by atoms with Crippen molar-refractivity contribution in [1.82, 2.24) is 5.32 Å². The van der Waals surface area contributed by atoms with Gasteiger partial charge in [0.15, 0.2) is 0 Å². The average Bonchev–Trinajstić information content (AvgIpc) is 2.87. The smallest absolute Gasteiger partial charge is 0.256 e. The largest absolute Gasteiger partial charge is 0.355 e. The molecule has 4 nitrogen and oxygen atoms in total. The van der Waals surface area contributed by atoms with Gasteiger partial charge < -0.3 is 10.6 Å². The second kappa shape index (κ2) is 6.45. The van der Waals surface area contributed by atoms with Crippen LogP contribution in [0.15, 0.2) is 42.5 Å². The Hall–Kier alpha value is -2.66. The molecule has 0 aliphatic carbocycles. The maximum atomic E-state index is 12.8. The summed E-state index contributed by atoms with van der Waals surface area (Å²) in [4.78, 5) is 25.9. The van der Waals surface area contributed by atoms with Crippen LogP contribution in [0.4, 0.5) is 5.00 Å². The molecule has 24 heavy (non-hydrogen) atoms. The molecule has 0 atom stereocenters. The van der Waals surface area contributed by atoms with E-state index in [4.69, 9.17) is 0 Å². The molecule has 0 aliphatic rings. The molecule has 1 heterocycles. The number of amides is 2. The highest BCUT2D eigenvalue weighted by atomic mass is 32.1. The lowest BCUT2D eigenvalue weighted by molar-refractivity contribution is 0.0963. The molecule has 2 N–H and O–H groups in total. The molecule has 0 saturated heterocycles. The Balaban J connectivity index is 2.01. The summed E-state index contributed by atoms with van der Waals surface area (Å²) >= 11 is 1.42. The number of carbonyl (C=O) groups is 2. The van der Waals surface area contributed by atoms with Crippen LogP contribution in [-0.2, 0) is 0 Å². The number of anilines is 1. The normalized spacial score (nSPS) is 10.6. The van der Waals surface area contributed by atoms with Crippen LogP contribution in [0, 0.1) is 13.8 Å². The minimum absolute atomic E-state index is 0.190. The number of hydrogen-bond acceptors (Lipinski definition) is 3. The number of rotatable bonds is 3. The highest BCUT2D eigenvalue weighted by Gasteiger charge is 2.21. The first-order chi connectivity index (χ1) is 11.5. The maximum Gasteiger partial charge on any atom is 0.256 e. The second-order valence-electron chi connectivity index (χ2n) is 5.55. The molecule has 3 rings (SSSR count). The Labute approximate surface area is 144 Å². The summed E-state index contributed by atoms with van der Waals surface area (Å²) in [7, 11) is 1.59. The zero-order valence-electron chi connectivity index (χ0n) is 13.8. The first-order valence-electron chi connectivity index (χ1n) is 7.64. The van der Waals surface area contributed by atoms with Gasteiger partial charge in [0.25, 0.3) is 11.8 Å². The summed E-state index contributed by atoms with van der Waals surface area (Å²) in [6, 6.07) is 13.4. The topological polar surface area (TPSA) is 58.2 Å². The molecule has 122 valence electrons. The van der Waals surface area contributed by atoms with Crippen molar-refractivity contribution in [3.05, 3.63) is 64.0 Å². The van der Waals surface area contributed by atoms with Gasteiger partial charge in [-0.2, -0.15) is 0 Å². The van der Waals surface area contributed by atoms with E-state index >= 15 is 0 Å². The molecular weight excluding hydrogens is 320 g/mol. The summed E-state index contributed by atoms with van der Waals surface area (Å²) < 4.78 is 0. The SMILES string of the molecule is CNC(=O)c1c(NC(=O)c2cccc3ccccc23)sc(C)c1C. The van der Waals surface area contributed by atoms with Gasteiger partial charge >= 0.3 is 0 Å². The highest BCUT2D eigenvalue weighted by molar-refractivity contribution is 7.16. The summed E-state index contributed by atoms with van der Waals surface area (Å²) in [6.07, 6.45) is 0. The number of hydrogen-bond donors (Lipinski definition) is 2. The van der Waals surface area contributed by atoms with Gasteiger partial charge in [-0.3, -0.25) is 9.59 Å². The van der Waals surface area contributed by atoms with E-state index in [2.05, 4.69) is 10.6 Å². The van der Waals surface area contributed by atoms with Crippen molar-refractivity contribution in [3.63, 3.8) is 0 Å². The predicted octanol–water partition coefficient (Wildman–Crippen LogP) is 4.13. The molecule has 0 aliphatic heterocycles. The number of carbonyl (C=O) groups excluding carboxylic acids is 2. The van der Waals surface area contributed by atoms with Crippen LogP contribution >= 0.6 is 11.3 Å². The first kappa shape index (κ1) is 16.2. The maximum absolute atomic E-state index is 12.8. The molecule has 0 bridgehead atoms. The summed E-state index contributed by atoms with van der Waals surface area (Å²) in [5.41, 5.74) is 2.03. The fraction of sp³-hybridized carbons (Fsp3) is 0.158. The van der Waals surface area contributed by atoms with Crippen molar-refractivity contribution in [3.8, 4) is 0 Å². The zero-order valence-corrected chi connectivity index (χ0v) is 14.6. The molecule has 0 saturated carbocycles. The van der Waals surface area contributed by atoms with Gasteiger partial charge in [-0.25, -0.2) is 0 Å². The Bertz CT molecular complexity index is 938. The molecule has 0 radical (unpaired) electrons. The summed E-state index contributed by atoms with van der Waals surface area (Å²) in [5, 5.41) is 8.04. The van der Waals surface area contributed by atoms with Crippen molar-refractivity contribution >= 4 is 38.9 Å². The summed E-state index contributed by atoms with van der Waals surface area (Å²) in [6.45, 7) is 3.84.